The molecule has 0 atom stereocenters. The second-order valence-corrected chi connectivity index (χ2v) is 7.35. The minimum absolute atomic E-state index is 0.0903. The van der Waals surface area contributed by atoms with Crippen LogP contribution in [0.5, 0.6) is 5.75 Å². The molecule has 0 aliphatic carbocycles. The molecule has 7 heteroatoms. The number of methoxy groups -OCH3 is 1. The molecule has 2 fully saturated rings. The van der Waals surface area contributed by atoms with Crippen LogP contribution in [-0.2, 0) is 15.9 Å². The van der Waals surface area contributed by atoms with Crippen LogP contribution in [0.2, 0.25) is 0 Å². The Kier molecular flexibility index (Phi) is 5.97. The zero-order chi connectivity index (χ0) is 20.1. The predicted octanol–water partition coefficient (Wildman–Crippen LogP) is 2.41. The summed E-state index contributed by atoms with van der Waals surface area (Å²) in [5, 5.41) is 2.99. The molecule has 1 aromatic carbocycles. The first kappa shape index (κ1) is 19.7. The van der Waals surface area contributed by atoms with Gasteiger partial charge in [-0.3, -0.25) is 4.79 Å². The van der Waals surface area contributed by atoms with Gasteiger partial charge in [-0.05, 0) is 36.2 Å². The first-order valence-electron chi connectivity index (χ1n) is 10.1. The molecule has 2 saturated heterocycles. The Bertz CT molecular complexity index is 841. The van der Waals surface area contributed by atoms with E-state index in [9.17, 15) is 4.79 Å². The summed E-state index contributed by atoms with van der Waals surface area (Å²) in [7, 11) is 1.65. The van der Waals surface area contributed by atoms with Crippen LogP contribution in [0.1, 0.15) is 28.8 Å². The van der Waals surface area contributed by atoms with Gasteiger partial charge in [-0.2, -0.15) is 0 Å². The number of nitrogens with zero attached hydrogens (tertiary/aromatic N) is 2. The maximum absolute atomic E-state index is 12.6. The van der Waals surface area contributed by atoms with Gasteiger partial charge < -0.3 is 24.4 Å². The Morgan fingerprint density at radius 1 is 1.21 bits per heavy atom. The van der Waals surface area contributed by atoms with Gasteiger partial charge in [0.05, 0.1) is 20.3 Å². The maximum atomic E-state index is 12.6. The van der Waals surface area contributed by atoms with Gasteiger partial charge in [0.1, 0.15) is 11.6 Å². The fraction of sp³-hybridized carbons (Fsp3) is 0.455. The van der Waals surface area contributed by atoms with Crippen molar-refractivity contribution in [2.45, 2.75) is 25.0 Å². The van der Waals surface area contributed by atoms with E-state index in [1.54, 1.807) is 19.4 Å². The lowest BCUT2D eigenvalue weighted by molar-refractivity contribution is -0.169. The van der Waals surface area contributed by atoms with Crippen LogP contribution >= 0.6 is 0 Å². The molecule has 1 amide bonds. The normalized spacial score (nSPS) is 18.0. The van der Waals surface area contributed by atoms with Gasteiger partial charge in [-0.1, -0.05) is 12.1 Å². The molecule has 0 radical (unpaired) electrons. The predicted molar refractivity (Wildman–Crippen MR) is 109 cm³/mol. The SMILES string of the molecule is COc1cccc(CCNC(=O)c2ccnc(N3CCC4(CC3)OCCO4)c2)c1. The minimum atomic E-state index is -0.411. The summed E-state index contributed by atoms with van der Waals surface area (Å²) >= 11 is 0. The molecule has 2 aromatic rings. The van der Waals surface area contributed by atoms with Crippen LogP contribution < -0.4 is 15.0 Å². The van der Waals surface area contributed by atoms with E-state index in [4.69, 9.17) is 14.2 Å². The molecule has 29 heavy (non-hydrogen) atoms. The van der Waals surface area contributed by atoms with Crippen LogP contribution in [0.15, 0.2) is 42.6 Å². The summed E-state index contributed by atoms with van der Waals surface area (Å²) in [6, 6.07) is 11.5. The average Bonchev–Trinajstić information content (AvgIpc) is 3.22. The Morgan fingerprint density at radius 2 is 2.00 bits per heavy atom. The number of nitrogens with one attached hydrogen (secondary N) is 1. The average molecular weight is 397 g/mol. The van der Waals surface area contributed by atoms with Crippen molar-refractivity contribution in [1.29, 1.82) is 0 Å². The van der Waals surface area contributed by atoms with Gasteiger partial charge in [-0.25, -0.2) is 4.98 Å². The quantitative estimate of drug-likeness (QED) is 0.807. The lowest BCUT2D eigenvalue weighted by Crippen LogP contribution is -2.45. The van der Waals surface area contributed by atoms with Crippen molar-refractivity contribution in [2.75, 3.05) is 44.9 Å². The Balaban J connectivity index is 1.31. The van der Waals surface area contributed by atoms with Gasteiger partial charge in [0.2, 0.25) is 0 Å². The van der Waals surface area contributed by atoms with Crippen molar-refractivity contribution in [1.82, 2.24) is 10.3 Å². The summed E-state index contributed by atoms with van der Waals surface area (Å²) < 4.78 is 16.8. The van der Waals surface area contributed by atoms with E-state index in [0.29, 0.717) is 25.3 Å². The third-order valence-electron chi connectivity index (χ3n) is 5.50. The molecule has 1 spiro atoms. The van der Waals surface area contributed by atoms with Crippen LogP contribution in [0.4, 0.5) is 5.82 Å². The summed E-state index contributed by atoms with van der Waals surface area (Å²) in [5.74, 6) is 1.14. The zero-order valence-electron chi connectivity index (χ0n) is 16.7. The van der Waals surface area contributed by atoms with E-state index >= 15 is 0 Å². The maximum Gasteiger partial charge on any atom is 0.251 e. The van der Waals surface area contributed by atoms with Gasteiger partial charge in [0.25, 0.3) is 5.91 Å². The van der Waals surface area contributed by atoms with Crippen molar-refractivity contribution >= 4 is 11.7 Å². The molecule has 0 bridgehead atoms. The van der Waals surface area contributed by atoms with E-state index in [0.717, 1.165) is 49.5 Å². The number of benzene rings is 1. The van der Waals surface area contributed by atoms with E-state index in [1.165, 1.54) is 0 Å². The number of pyridine rings is 1. The summed E-state index contributed by atoms with van der Waals surface area (Å²) in [6.45, 7) is 3.50. The molecular formula is C22H27N3O4. The molecule has 2 aliphatic heterocycles. The lowest BCUT2D eigenvalue weighted by Gasteiger charge is -2.38. The molecule has 154 valence electrons. The van der Waals surface area contributed by atoms with Crippen LogP contribution in [0.25, 0.3) is 0 Å². The van der Waals surface area contributed by atoms with Gasteiger partial charge in [0.15, 0.2) is 5.79 Å². The third-order valence-corrected chi connectivity index (χ3v) is 5.50. The van der Waals surface area contributed by atoms with E-state index in [2.05, 4.69) is 15.2 Å². The third kappa shape index (κ3) is 4.68. The van der Waals surface area contributed by atoms with Crippen molar-refractivity contribution in [3.8, 4) is 5.75 Å². The van der Waals surface area contributed by atoms with Gasteiger partial charge in [-0.15, -0.1) is 0 Å². The molecule has 4 rings (SSSR count). The molecule has 7 nitrogen and oxygen atoms in total. The monoisotopic (exact) mass is 397 g/mol. The number of piperidine rings is 1. The summed E-state index contributed by atoms with van der Waals surface area (Å²) in [6.07, 6.45) is 4.06. The smallest absolute Gasteiger partial charge is 0.251 e. The number of aromatic nitrogens is 1. The molecule has 1 N–H and O–H groups in total. The number of ether oxygens (including phenoxy) is 3. The van der Waals surface area contributed by atoms with Crippen LogP contribution in [0, 0.1) is 0 Å². The van der Waals surface area contributed by atoms with Crippen molar-refractivity contribution < 1.29 is 19.0 Å². The first-order chi connectivity index (χ1) is 14.2. The number of hydrogen-bond acceptors (Lipinski definition) is 6. The van der Waals surface area contributed by atoms with Gasteiger partial charge >= 0.3 is 0 Å². The number of hydrogen-bond donors (Lipinski definition) is 1. The molecular weight excluding hydrogens is 370 g/mol. The molecule has 1 aromatic heterocycles. The summed E-state index contributed by atoms with van der Waals surface area (Å²) in [4.78, 5) is 19.2. The van der Waals surface area contributed by atoms with E-state index in [1.807, 2.05) is 30.3 Å². The number of anilines is 1. The molecule has 0 saturated carbocycles. The number of carbonyl (C=O) groups is 1. The number of carbonyl (C=O) groups excluding carboxylic acids is 1. The topological polar surface area (TPSA) is 72.9 Å². The zero-order valence-corrected chi connectivity index (χ0v) is 16.7. The molecule has 0 unspecified atom stereocenters. The molecule has 2 aliphatic rings. The standard InChI is InChI=1S/C22H27N3O4/c1-27-19-4-2-3-17(15-19)5-9-24-21(26)18-6-10-23-20(16-18)25-11-7-22(8-12-25)28-13-14-29-22/h2-4,6,10,15-16H,5,7-9,11-14H2,1H3,(H,24,26). The van der Waals surface area contributed by atoms with Crippen LogP contribution in [0.3, 0.4) is 0 Å². The summed E-state index contributed by atoms with van der Waals surface area (Å²) in [5.41, 5.74) is 1.74. The highest BCUT2D eigenvalue weighted by atomic mass is 16.7. The Labute approximate surface area is 171 Å². The lowest BCUT2D eigenvalue weighted by atomic mass is 10.0. The van der Waals surface area contributed by atoms with E-state index in [-0.39, 0.29) is 5.91 Å². The Morgan fingerprint density at radius 3 is 2.76 bits per heavy atom. The second kappa shape index (κ2) is 8.80. The second-order valence-electron chi connectivity index (χ2n) is 7.35. The first-order valence-corrected chi connectivity index (χ1v) is 10.1. The highest BCUT2D eigenvalue weighted by molar-refractivity contribution is 5.94. The Hall–Kier alpha value is -2.64. The highest BCUT2D eigenvalue weighted by Gasteiger charge is 2.40. The van der Waals surface area contributed by atoms with Crippen molar-refractivity contribution in [3.63, 3.8) is 0 Å². The fourth-order valence-corrected chi connectivity index (χ4v) is 3.85. The molecule has 3 heterocycles. The highest BCUT2D eigenvalue weighted by Crippen LogP contribution is 2.32. The van der Waals surface area contributed by atoms with Crippen molar-refractivity contribution in [3.05, 3.63) is 53.7 Å². The van der Waals surface area contributed by atoms with E-state index < -0.39 is 5.79 Å². The number of rotatable bonds is 6. The number of amides is 1. The fourth-order valence-electron chi connectivity index (χ4n) is 3.85. The van der Waals surface area contributed by atoms with Crippen molar-refractivity contribution in [2.24, 2.45) is 0 Å². The van der Waals surface area contributed by atoms with Gasteiger partial charge in [0, 0.05) is 44.2 Å². The minimum Gasteiger partial charge on any atom is -0.497 e. The largest absolute Gasteiger partial charge is 0.497 e. The van der Waals surface area contributed by atoms with Crippen LogP contribution in [-0.4, -0.2) is 56.6 Å².